The lowest BCUT2D eigenvalue weighted by molar-refractivity contribution is 0.190. The molecule has 3 rings (SSSR count). The van der Waals surface area contributed by atoms with Crippen LogP contribution in [0, 0.1) is 0 Å². The molecule has 1 N–H and O–H groups in total. The zero-order valence-electron chi connectivity index (χ0n) is 10.9. The molecule has 1 aliphatic heterocycles. The van der Waals surface area contributed by atoms with E-state index in [0.717, 1.165) is 29.7 Å². The summed E-state index contributed by atoms with van der Waals surface area (Å²) < 4.78 is 6.22. The molecule has 3 heterocycles. The summed E-state index contributed by atoms with van der Waals surface area (Å²) in [4.78, 5) is 10.8. The van der Waals surface area contributed by atoms with Crippen molar-refractivity contribution in [1.29, 1.82) is 0 Å². The van der Waals surface area contributed by atoms with Gasteiger partial charge >= 0.3 is 0 Å². The molecule has 0 aliphatic carbocycles. The Morgan fingerprint density at radius 3 is 3.05 bits per heavy atom. The number of hydrogen-bond acceptors (Lipinski definition) is 6. The highest BCUT2D eigenvalue weighted by molar-refractivity contribution is 9.10. The topological polar surface area (TPSA) is 67.1 Å². The van der Waals surface area contributed by atoms with Crippen LogP contribution in [0.15, 0.2) is 27.5 Å². The van der Waals surface area contributed by atoms with Gasteiger partial charge in [0, 0.05) is 36.5 Å². The number of aromatic nitrogens is 3. The minimum atomic E-state index is 0. The second-order valence-corrected chi connectivity index (χ2v) is 5.47. The first-order valence-electron chi connectivity index (χ1n) is 6.09. The van der Waals surface area contributed by atoms with Crippen LogP contribution in [0.4, 0.5) is 0 Å². The van der Waals surface area contributed by atoms with E-state index in [-0.39, 0.29) is 18.4 Å². The third-order valence-electron chi connectivity index (χ3n) is 3.20. The van der Waals surface area contributed by atoms with E-state index in [4.69, 9.17) is 4.52 Å². The van der Waals surface area contributed by atoms with Crippen molar-refractivity contribution in [1.82, 2.24) is 25.3 Å². The van der Waals surface area contributed by atoms with Gasteiger partial charge in [-0.15, -0.1) is 12.4 Å². The van der Waals surface area contributed by atoms with Crippen LogP contribution in [0.25, 0.3) is 11.5 Å². The van der Waals surface area contributed by atoms with Crippen LogP contribution in [0.5, 0.6) is 0 Å². The quantitative estimate of drug-likeness (QED) is 0.882. The molecule has 1 atom stereocenters. The largest absolute Gasteiger partial charge is 0.334 e. The van der Waals surface area contributed by atoms with Gasteiger partial charge in [-0.1, -0.05) is 5.16 Å². The number of pyridine rings is 1. The molecule has 0 bridgehead atoms. The Kier molecular flexibility index (Phi) is 5.09. The van der Waals surface area contributed by atoms with Gasteiger partial charge in [0.25, 0.3) is 5.89 Å². The van der Waals surface area contributed by atoms with Crippen molar-refractivity contribution in [2.45, 2.75) is 6.04 Å². The van der Waals surface area contributed by atoms with E-state index in [2.05, 4.69) is 48.3 Å². The van der Waals surface area contributed by atoms with E-state index in [1.807, 2.05) is 6.07 Å². The number of nitrogens with one attached hydrogen (secondary N) is 1. The molecule has 0 spiro atoms. The summed E-state index contributed by atoms with van der Waals surface area (Å²) in [5, 5.41) is 7.42. The fourth-order valence-electron chi connectivity index (χ4n) is 2.11. The van der Waals surface area contributed by atoms with Crippen LogP contribution in [0.3, 0.4) is 0 Å². The van der Waals surface area contributed by atoms with Crippen molar-refractivity contribution in [2.24, 2.45) is 0 Å². The zero-order chi connectivity index (χ0) is 13.2. The van der Waals surface area contributed by atoms with Crippen molar-refractivity contribution in [3.63, 3.8) is 0 Å². The monoisotopic (exact) mass is 359 g/mol. The molecule has 2 aromatic rings. The molecule has 1 aliphatic rings. The smallest absolute Gasteiger partial charge is 0.259 e. The second-order valence-electron chi connectivity index (χ2n) is 4.55. The highest BCUT2D eigenvalue weighted by Crippen LogP contribution is 2.23. The molecule has 2 aromatic heterocycles. The molecule has 1 fully saturated rings. The number of likely N-dealkylation sites (N-methyl/N-ethyl adjacent to an activating group) is 1. The molecule has 108 valence electrons. The van der Waals surface area contributed by atoms with Gasteiger partial charge in [-0.2, -0.15) is 4.98 Å². The molecule has 20 heavy (non-hydrogen) atoms. The van der Waals surface area contributed by atoms with Gasteiger partial charge in [-0.05, 0) is 29.0 Å². The van der Waals surface area contributed by atoms with Crippen molar-refractivity contribution in [2.75, 3.05) is 26.7 Å². The minimum Gasteiger partial charge on any atom is -0.334 e. The number of halogens is 2. The number of hydrogen-bond donors (Lipinski definition) is 1. The molecule has 0 aromatic carbocycles. The molecule has 0 saturated carbocycles. The third-order valence-corrected chi connectivity index (χ3v) is 3.64. The molecule has 8 heteroatoms. The van der Waals surface area contributed by atoms with Crippen LogP contribution in [-0.4, -0.2) is 46.7 Å². The lowest BCUT2D eigenvalue weighted by Gasteiger charge is -2.30. The predicted octanol–water partition coefficient (Wildman–Crippen LogP) is 1.89. The Balaban J connectivity index is 0.00000147. The summed E-state index contributed by atoms with van der Waals surface area (Å²) in [5.41, 5.74) is 0.819. The molecule has 1 unspecified atom stereocenters. The van der Waals surface area contributed by atoms with Crippen molar-refractivity contribution >= 4 is 28.3 Å². The molecule has 1 saturated heterocycles. The zero-order valence-corrected chi connectivity index (χ0v) is 13.3. The number of rotatable bonds is 2. The minimum absolute atomic E-state index is 0. The standard InChI is InChI=1S/C12H14BrN5O.ClH/c1-18-3-2-14-7-10(18)11-16-12(19-17-11)8-4-9(13)6-15-5-8;/h4-6,10,14H,2-3,7H2,1H3;1H. The maximum absolute atomic E-state index is 5.33. The van der Waals surface area contributed by atoms with Crippen LogP contribution in [0.1, 0.15) is 11.9 Å². The maximum Gasteiger partial charge on any atom is 0.259 e. The van der Waals surface area contributed by atoms with Crippen LogP contribution in [0.2, 0.25) is 0 Å². The van der Waals surface area contributed by atoms with Crippen LogP contribution in [-0.2, 0) is 0 Å². The van der Waals surface area contributed by atoms with E-state index in [1.165, 1.54) is 0 Å². The molecular weight excluding hydrogens is 346 g/mol. The second kappa shape index (κ2) is 6.62. The maximum atomic E-state index is 5.33. The van der Waals surface area contributed by atoms with Crippen molar-refractivity contribution < 1.29 is 4.52 Å². The normalized spacial score (nSPS) is 19.6. The average Bonchev–Trinajstić information content (AvgIpc) is 2.89. The molecule has 0 radical (unpaired) electrons. The predicted molar refractivity (Wildman–Crippen MR) is 80.7 cm³/mol. The van der Waals surface area contributed by atoms with Crippen LogP contribution < -0.4 is 5.32 Å². The first-order valence-corrected chi connectivity index (χ1v) is 6.89. The van der Waals surface area contributed by atoms with Gasteiger partial charge in [0.1, 0.15) is 0 Å². The Morgan fingerprint density at radius 2 is 2.30 bits per heavy atom. The van der Waals surface area contributed by atoms with E-state index >= 15 is 0 Å². The lowest BCUT2D eigenvalue weighted by Crippen LogP contribution is -2.44. The SMILES string of the molecule is CN1CCNCC1c1noc(-c2cncc(Br)c2)n1.Cl. The van der Waals surface area contributed by atoms with Crippen molar-refractivity contribution in [3.05, 3.63) is 28.8 Å². The summed E-state index contributed by atoms with van der Waals surface area (Å²) in [6, 6.07) is 2.07. The van der Waals surface area contributed by atoms with Gasteiger partial charge in [0.15, 0.2) is 5.82 Å². The van der Waals surface area contributed by atoms with E-state index in [1.54, 1.807) is 12.4 Å². The van der Waals surface area contributed by atoms with E-state index in [9.17, 15) is 0 Å². The van der Waals surface area contributed by atoms with Gasteiger partial charge in [0.2, 0.25) is 0 Å². The van der Waals surface area contributed by atoms with Gasteiger partial charge in [0.05, 0.1) is 11.6 Å². The highest BCUT2D eigenvalue weighted by Gasteiger charge is 2.25. The Labute approximate surface area is 131 Å². The summed E-state index contributed by atoms with van der Waals surface area (Å²) >= 11 is 3.38. The van der Waals surface area contributed by atoms with Gasteiger partial charge in [-0.3, -0.25) is 9.88 Å². The highest BCUT2D eigenvalue weighted by atomic mass is 79.9. The first-order chi connectivity index (χ1) is 9.24. The fourth-order valence-corrected chi connectivity index (χ4v) is 2.48. The van der Waals surface area contributed by atoms with Gasteiger partial charge < -0.3 is 9.84 Å². The Bertz CT molecular complexity index is 578. The molecular formula is C12H15BrClN5O. The summed E-state index contributed by atoms with van der Waals surface area (Å²) in [5.74, 6) is 1.22. The van der Waals surface area contributed by atoms with Crippen LogP contribution >= 0.6 is 28.3 Å². The van der Waals surface area contributed by atoms with E-state index < -0.39 is 0 Å². The number of nitrogens with zero attached hydrogens (tertiary/aromatic N) is 4. The Morgan fingerprint density at radius 1 is 1.45 bits per heavy atom. The van der Waals surface area contributed by atoms with Gasteiger partial charge in [-0.25, -0.2) is 0 Å². The third kappa shape index (κ3) is 3.17. The number of piperazine rings is 1. The summed E-state index contributed by atoms with van der Waals surface area (Å²) in [6.07, 6.45) is 3.44. The van der Waals surface area contributed by atoms with E-state index in [0.29, 0.717) is 11.7 Å². The Hall–Kier alpha value is -1.02. The fraction of sp³-hybridized carbons (Fsp3) is 0.417. The summed E-state index contributed by atoms with van der Waals surface area (Å²) in [6.45, 7) is 2.81. The molecule has 0 amide bonds. The first kappa shape index (κ1) is 15.4. The molecule has 6 nitrogen and oxygen atoms in total. The van der Waals surface area contributed by atoms with Crippen molar-refractivity contribution in [3.8, 4) is 11.5 Å². The summed E-state index contributed by atoms with van der Waals surface area (Å²) in [7, 11) is 2.07. The average molecular weight is 361 g/mol. The lowest BCUT2D eigenvalue weighted by atomic mass is 10.2.